The molecule has 6 heteroatoms. The van der Waals surface area contributed by atoms with Gasteiger partial charge in [0.15, 0.2) is 0 Å². The summed E-state index contributed by atoms with van der Waals surface area (Å²) >= 11 is 0. The molecule has 0 aromatic heterocycles. The van der Waals surface area contributed by atoms with Crippen molar-refractivity contribution in [1.82, 2.24) is 0 Å². The molecule has 0 unspecified atom stereocenters. The SMILES string of the molecule is CC(C)O.CC(C)O.CC(C)O.CCCCCCC(=O)OC(C)(C)C.[Ti]. The summed E-state index contributed by atoms with van der Waals surface area (Å²) in [7, 11) is 0. The topological polar surface area (TPSA) is 87.0 Å². The molecule has 0 fully saturated rings. The molecule has 0 saturated heterocycles. The maximum atomic E-state index is 11.2. The number of hydrogen-bond donors (Lipinski definition) is 3. The van der Waals surface area contributed by atoms with Crippen molar-refractivity contribution in [2.45, 2.75) is 125 Å². The van der Waals surface area contributed by atoms with E-state index in [0.717, 1.165) is 12.8 Å². The molecule has 5 nitrogen and oxygen atoms in total. The van der Waals surface area contributed by atoms with E-state index >= 15 is 0 Å². The van der Waals surface area contributed by atoms with E-state index in [0.29, 0.717) is 6.42 Å². The van der Waals surface area contributed by atoms with Crippen molar-refractivity contribution < 1.29 is 46.6 Å². The summed E-state index contributed by atoms with van der Waals surface area (Å²) in [5, 5.41) is 24.2. The van der Waals surface area contributed by atoms with Gasteiger partial charge in [0, 0.05) is 46.5 Å². The van der Waals surface area contributed by atoms with Crippen LogP contribution in [0.25, 0.3) is 0 Å². The summed E-state index contributed by atoms with van der Waals surface area (Å²) in [6.45, 7) is 18.2. The summed E-state index contributed by atoms with van der Waals surface area (Å²) in [4.78, 5) is 11.2. The van der Waals surface area contributed by atoms with Gasteiger partial charge < -0.3 is 20.1 Å². The average molecular weight is 414 g/mol. The Balaban J connectivity index is -0.0000000933. The van der Waals surface area contributed by atoms with Gasteiger partial charge in [-0.25, -0.2) is 0 Å². The Morgan fingerprint density at radius 3 is 1.35 bits per heavy atom. The minimum atomic E-state index is -0.332. The van der Waals surface area contributed by atoms with E-state index in [2.05, 4.69) is 6.92 Å². The largest absolute Gasteiger partial charge is 0.460 e. The predicted octanol–water partition coefficient (Wildman–Crippen LogP) is 4.46. The molecule has 0 aliphatic rings. The van der Waals surface area contributed by atoms with Crippen LogP contribution in [-0.2, 0) is 31.2 Å². The van der Waals surface area contributed by atoms with Crippen molar-refractivity contribution in [3.63, 3.8) is 0 Å². The van der Waals surface area contributed by atoms with Crippen molar-refractivity contribution in [2.24, 2.45) is 0 Å². The van der Waals surface area contributed by atoms with Gasteiger partial charge in [0.05, 0.1) is 0 Å². The number of unbranched alkanes of at least 4 members (excludes halogenated alkanes) is 3. The Morgan fingerprint density at radius 2 is 1.12 bits per heavy atom. The van der Waals surface area contributed by atoms with Crippen LogP contribution < -0.4 is 0 Å². The van der Waals surface area contributed by atoms with Crippen molar-refractivity contribution in [1.29, 1.82) is 0 Å². The van der Waals surface area contributed by atoms with Gasteiger partial charge >= 0.3 is 5.97 Å². The van der Waals surface area contributed by atoms with Crippen LogP contribution in [0.5, 0.6) is 0 Å². The number of rotatable bonds is 5. The molecule has 0 radical (unpaired) electrons. The van der Waals surface area contributed by atoms with E-state index in [-0.39, 0.29) is 51.6 Å². The summed E-state index contributed by atoms with van der Waals surface area (Å²) < 4.78 is 5.18. The molecule has 0 bridgehead atoms. The minimum Gasteiger partial charge on any atom is -0.460 e. The number of hydrogen-bond acceptors (Lipinski definition) is 5. The second-order valence-electron chi connectivity index (χ2n) is 7.68. The average Bonchev–Trinajstić information content (AvgIpc) is 2.30. The monoisotopic (exact) mass is 414 g/mol. The summed E-state index contributed by atoms with van der Waals surface area (Å²) in [6.07, 6.45) is 4.58. The molecule has 0 rings (SSSR count). The van der Waals surface area contributed by atoms with Gasteiger partial charge in [-0.3, -0.25) is 4.79 Å². The molecule has 0 spiro atoms. The summed E-state index contributed by atoms with van der Waals surface area (Å²) in [5.74, 6) is -0.0661. The molecule has 3 N–H and O–H groups in total. The normalized spacial score (nSPS) is 9.85. The first kappa shape index (κ1) is 36.9. The first-order valence-corrected chi connectivity index (χ1v) is 9.41. The number of aliphatic hydroxyl groups excluding tert-OH is 3. The molecule has 0 aliphatic carbocycles. The van der Waals surface area contributed by atoms with Crippen LogP contribution in [0, 0.1) is 0 Å². The Morgan fingerprint density at radius 1 is 0.808 bits per heavy atom. The predicted molar refractivity (Wildman–Crippen MR) is 107 cm³/mol. The van der Waals surface area contributed by atoms with Crippen molar-refractivity contribution in [3.8, 4) is 0 Å². The van der Waals surface area contributed by atoms with Gasteiger partial charge in [-0.1, -0.05) is 26.2 Å². The molecule has 160 valence electrons. The molecule has 0 aromatic rings. The van der Waals surface area contributed by atoms with Crippen LogP contribution >= 0.6 is 0 Å². The third-order valence-electron chi connectivity index (χ3n) is 1.65. The Bertz CT molecular complexity index is 239. The van der Waals surface area contributed by atoms with Crippen LogP contribution in [0.4, 0.5) is 0 Å². The fraction of sp³-hybridized carbons (Fsp3) is 0.950. The molecular formula is C20H46O5Ti. The standard InChI is InChI=1S/C11H22O2.3C3H8O.Ti/c1-5-6-7-8-9-10(12)13-11(2,3)4;3*1-3(2)4;/h5-9H2,1-4H3;3*3-4H,1-2H3;. The van der Waals surface area contributed by atoms with Gasteiger partial charge in [-0.2, -0.15) is 0 Å². The zero-order valence-electron chi connectivity index (χ0n) is 18.9. The zero-order valence-corrected chi connectivity index (χ0v) is 20.5. The van der Waals surface area contributed by atoms with Gasteiger partial charge in [0.2, 0.25) is 0 Å². The van der Waals surface area contributed by atoms with E-state index in [1.165, 1.54) is 12.8 Å². The molecule has 26 heavy (non-hydrogen) atoms. The van der Waals surface area contributed by atoms with E-state index in [1.54, 1.807) is 41.5 Å². The van der Waals surface area contributed by atoms with E-state index in [1.807, 2.05) is 20.8 Å². The molecule has 0 aromatic carbocycles. The molecule has 0 atom stereocenters. The van der Waals surface area contributed by atoms with E-state index < -0.39 is 0 Å². The van der Waals surface area contributed by atoms with Crippen LogP contribution in [0.1, 0.15) is 101 Å². The number of ether oxygens (including phenoxy) is 1. The zero-order chi connectivity index (χ0) is 21.1. The number of carbonyl (C=O) groups is 1. The van der Waals surface area contributed by atoms with Gasteiger partial charge in [-0.15, -0.1) is 0 Å². The molecule has 0 saturated carbocycles. The smallest absolute Gasteiger partial charge is 0.306 e. The van der Waals surface area contributed by atoms with E-state index in [4.69, 9.17) is 20.1 Å². The first-order chi connectivity index (χ1) is 11.2. The molecule has 0 amide bonds. The van der Waals surface area contributed by atoms with Crippen molar-refractivity contribution in [2.75, 3.05) is 0 Å². The molecular weight excluding hydrogens is 368 g/mol. The van der Waals surface area contributed by atoms with Crippen LogP contribution in [-0.4, -0.2) is 45.2 Å². The van der Waals surface area contributed by atoms with Crippen molar-refractivity contribution >= 4 is 5.97 Å². The second kappa shape index (κ2) is 25.1. The maximum Gasteiger partial charge on any atom is 0.306 e. The Kier molecular flexibility index (Phi) is 35.6. The quantitative estimate of drug-likeness (QED) is 0.351. The van der Waals surface area contributed by atoms with Gasteiger partial charge in [0.25, 0.3) is 0 Å². The van der Waals surface area contributed by atoms with Crippen LogP contribution in [0.15, 0.2) is 0 Å². The summed E-state index contributed by atoms with van der Waals surface area (Å²) in [5.41, 5.74) is -0.332. The van der Waals surface area contributed by atoms with Gasteiger partial charge in [0.1, 0.15) is 5.60 Å². The summed E-state index contributed by atoms with van der Waals surface area (Å²) in [6, 6.07) is 0. The first-order valence-electron chi connectivity index (χ1n) is 9.41. The van der Waals surface area contributed by atoms with Crippen LogP contribution in [0.3, 0.4) is 0 Å². The second-order valence-corrected chi connectivity index (χ2v) is 7.68. The molecule has 0 aliphatic heterocycles. The number of aliphatic hydroxyl groups is 3. The van der Waals surface area contributed by atoms with Gasteiger partial charge in [-0.05, 0) is 68.7 Å². The fourth-order valence-electron chi connectivity index (χ4n) is 1.09. The minimum absolute atomic E-state index is 0. The Hall–Kier alpha value is 0.0643. The number of carbonyl (C=O) groups excluding carboxylic acids is 1. The van der Waals surface area contributed by atoms with E-state index in [9.17, 15) is 4.79 Å². The molecule has 0 heterocycles. The third kappa shape index (κ3) is 105. The fourth-order valence-corrected chi connectivity index (χ4v) is 1.09. The van der Waals surface area contributed by atoms with Crippen LogP contribution in [0.2, 0.25) is 0 Å². The van der Waals surface area contributed by atoms with Crippen molar-refractivity contribution in [3.05, 3.63) is 0 Å². The maximum absolute atomic E-state index is 11.2. The Labute approximate surface area is 177 Å². The third-order valence-corrected chi connectivity index (χ3v) is 1.65. The number of esters is 1.